The Morgan fingerprint density at radius 2 is 2.05 bits per heavy atom. The van der Waals surface area contributed by atoms with Crippen LogP contribution >= 0.6 is 11.3 Å². The Bertz CT molecular complexity index is 496. The molecular weight excluding hydrogens is 256 g/mol. The summed E-state index contributed by atoms with van der Waals surface area (Å²) in [5.41, 5.74) is 8.24. The second-order valence-corrected chi connectivity index (χ2v) is 5.24. The Labute approximate surface area is 117 Å². The molecule has 0 spiro atoms. The van der Waals surface area contributed by atoms with Crippen LogP contribution in [-0.4, -0.2) is 12.5 Å². The molecule has 0 aliphatic rings. The van der Waals surface area contributed by atoms with Gasteiger partial charge in [-0.25, -0.2) is 0 Å². The standard InChI is InChI=1S/C15H18N2OS/c16-14(13-4-2-1-3-5-13)6-8-17-15(18)10-12-7-9-19-11-12/h1-5,7,9,11,14H,6,8,10,16H2,(H,17,18). The molecule has 0 bridgehead atoms. The van der Waals surface area contributed by atoms with Crippen molar-refractivity contribution in [3.05, 3.63) is 58.3 Å². The highest BCUT2D eigenvalue weighted by Gasteiger charge is 2.07. The van der Waals surface area contributed by atoms with E-state index in [1.165, 1.54) is 0 Å². The molecule has 19 heavy (non-hydrogen) atoms. The van der Waals surface area contributed by atoms with E-state index in [-0.39, 0.29) is 11.9 Å². The third-order valence-electron chi connectivity index (χ3n) is 2.95. The summed E-state index contributed by atoms with van der Waals surface area (Å²) in [4.78, 5) is 11.7. The van der Waals surface area contributed by atoms with Crippen LogP contribution in [0.25, 0.3) is 0 Å². The van der Waals surface area contributed by atoms with Gasteiger partial charge in [-0.3, -0.25) is 4.79 Å². The molecule has 0 aliphatic heterocycles. The second-order valence-electron chi connectivity index (χ2n) is 4.46. The lowest BCUT2D eigenvalue weighted by molar-refractivity contribution is -0.120. The molecule has 1 aromatic carbocycles. The number of nitrogens with one attached hydrogen (secondary N) is 1. The van der Waals surface area contributed by atoms with Gasteiger partial charge in [0.1, 0.15) is 0 Å². The highest BCUT2D eigenvalue weighted by atomic mass is 32.1. The van der Waals surface area contributed by atoms with Gasteiger partial charge < -0.3 is 11.1 Å². The van der Waals surface area contributed by atoms with Gasteiger partial charge >= 0.3 is 0 Å². The van der Waals surface area contributed by atoms with E-state index in [0.717, 1.165) is 17.5 Å². The molecule has 3 nitrogen and oxygen atoms in total. The molecule has 100 valence electrons. The molecule has 0 radical (unpaired) electrons. The number of carbonyl (C=O) groups excluding carboxylic acids is 1. The number of nitrogens with two attached hydrogens (primary N) is 1. The largest absolute Gasteiger partial charge is 0.356 e. The molecule has 1 unspecified atom stereocenters. The van der Waals surface area contributed by atoms with Gasteiger partial charge in [0.25, 0.3) is 0 Å². The Hall–Kier alpha value is -1.65. The van der Waals surface area contributed by atoms with Crippen LogP contribution in [0.3, 0.4) is 0 Å². The molecule has 0 fully saturated rings. The van der Waals surface area contributed by atoms with E-state index in [1.807, 2.05) is 47.2 Å². The Morgan fingerprint density at radius 1 is 1.26 bits per heavy atom. The summed E-state index contributed by atoms with van der Waals surface area (Å²) in [7, 11) is 0. The van der Waals surface area contributed by atoms with Crippen LogP contribution in [-0.2, 0) is 11.2 Å². The maximum absolute atomic E-state index is 11.7. The summed E-state index contributed by atoms with van der Waals surface area (Å²) in [5.74, 6) is 0.0543. The first-order chi connectivity index (χ1) is 9.25. The van der Waals surface area contributed by atoms with Crippen molar-refractivity contribution in [2.45, 2.75) is 18.9 Å². The van der Waals surface area contributed by atoms with Crippen LogP contribution in [0.1, 0.15) is 23.6 Å². The molecule has 0 aliphatic carbocycles. The number of benzene rings is 1. The first kappa shape index (κ1) is 13.8. The number of hydrogen-bond acceptors (Lipinski definition) is 3. The number of amides is 1. The maximum Gasteiger partial charge on any atom is 0.224 e. The van der Waals surface area contributed by atoms with Gasteiger partial charge in [-0.2, -0.15) is 11.3 Å². The lowest BCUT2D eigenvalue weighted by atomic mass is 10.1. The van der Waals surface area contributed by atoms with Gasteiger partial charge in [-0.1, -0.05) is 30.3 Å². The van der Waals surface area contributed by atoms with Crippen LogP contribution < -0.4 is 11.1 Å². The van der Waals surface area contributed by atoms with Crippen LogP contribution in [0, 0.1) is 0 Å². The fourth-order valence-corrected chi connectivity index (χ4v) is 2.54. The SMILES string of the molecule is NC(CCNC(=O)Cc1ccsc1)c1ccccc1. The highest BCUT2D eigenvalue weighted by Crippen LogP contribution is 2.12. The molecule has 1 atom stereocenters. The molecule has 1 amide bonds. The molecule has 4 heteroatoms. The summed E-state index contributed by atoms with van der Waals surface area (Å²) in [5, 5.41) is 6.88. The Balaban J connectivity index is 1.70. The first-order valence-electron chi connectivity index (χ1n) is 6.34. The predicted molar refractivity (Wildman–Crippen MR) is 79.0 cm³/mol. The van der Waals surface area contributed by atoms with Gasteiger partial charge in [0.2, 0.25) is 5.91 Å². The van der Waals surface area contributed by atoms with Crippen molar-refractivity contribution in [1.29, 1.82) is 0 Å². The summed E-state index contributed by atoms with van der Waals surface area (Å²) < 4.78 is 0. The Morgan fingerprint density at radius 3 is 2.74 bits per heavy atom. The minimum atomic E-state index is -0.0253. The number of hydrogen-bond donors (Lipinski definition) is 2. The molecular formula is C15H18N2OS. The topological polar surface area (TPSA) is 55.1 Å². The lowest BCUT2D eigenvalue weighted by Crippen LogP contribution is -2.28. The van der Waals surface area contributed by atoms with E-state index in [2.05, 4.69) is 5.32 Å². The Kier molecular flexibility index (Phi) is 5.12. The predicted octanol–water partition coefficient (Wildman–Crippen LogP) is 2.50. The minimum absolute atomic E-state index is 0.0253. The molecule has 1 aromatic heterocycles. The average Bonchev–Trinajstić information content (AvgIpc) is 2.92. The normalized spacial score (nSPS) is 12.1. The first-order valence-corrected chi connectivity index (χ1v) is 7.28. The van der Waals surface area contributed by atoms with E-state index < -0.39 is 0 Å². The van der Waals surface area contributed by atoms with Gasteiger partial charge in [0.15, 0.2) is 0 Å². The van der Waals surface area contributed by atoms with Gasteiger partial charge in [-0.15, -0.1) is 0 Å². The lowest BCUT2D eigenvalue weighted by Gasteiger charge is -2.12. The molecule has 0 saturated heterocycles. The van der Waals surface area contributed by atoms with E-state index in [9.17, 15) is 4.79 Å². The van der Waals surface area contributed by atoms with Crippen LogP contribution in [0.5, 0.6) is 0 Å². The maximum atomic E-state index is 11.7. The number of thiophene rings is 1. The van der Waals surface area contributed by atoms with Crippen molar-refractivity contribution >= 4 is 17.2 Å². The molecule has 3 N–H and O–H groups in total. The van der Waals surface area contributed by atoms with Crippen molar-refractivity contribution in [1.82, 2.24) is 5.32 Å². The van der Waals surface area contributed by atoms with Gasteiger partial charge in [0.05, 0.1) is 6.42 Å². The zero-order chi connectivity index (χ0) is 13.5. The zero-order valence-electron chi connectivity index (χ0n) is 10.7. The fourth-order valence-electron chi connectivity index (χ4n) is 1.88. The molecule has 2 rings (SSSR count). The molecule has 1 heterocycles. The minimum Gasteiger partial charge on any atom is -0.356 e. The van der Waals surface area contributed by atoms with Crippen LogP contribution in [0.15, 0.2) is 47.2 Å². The quantitative estimate of drug-likeness (QED) is 0.850. The van der Waals surface area contributed by atoms with E-state index in [1.54, 1.807) is 11.3 Å². The van der Waals surface area contributed by atoms with Crippen LogP contribution in [0.4, 0.5) is 0 Å². The smallest absolute Gasteiger partial charge is 0.224 e. The van der Waals surface area contributed by atoms with Crippen molar-refractivity contribution in [2.24, 2.45) is 5.73 Å². The summed E-state index contributed by atoms with van der Waals surface area (Å²) >= 11 is 1.61. The van der Waals surface area contributed by atoms with E-state index in [4.69, 9.17) is 5.73 Å². The van der Waals surface area contributed by atoms with Crippen molar-refractivity contribution in [2.75, 3.05) is 6.54 Å². The monoisotopic (exact) mass is 274 g/mol. The second kappa shape index (κ2) is 7.07. The molecule has 2 aromatic rings. The zero-order valence-corrected chi connectivity index (χ0v) is 11.5. The number of carbonyl (C=O) groups is 1. The third kappa shape index (κ3) is 4.50. The van der Waals surface area contributed by atoms with Crippen molar-refractivity contribution < 1.29 is 4.79 Å². The fraction of sp³-hybridized carbons (Fsp3) is 0.267. The van der Waals surface area contributed by atoms with E-state index >= 15 is 0 Å². The third-order valence-corrected chi connectivity index (χ3v) is 3.68. The highest BCUT2D eigenvalue weighted by molar-refractivity contribution is 7.07. The summed E-state index contributed by atoms with van der Waals surface area (Å²) in [6.45, 7) is 0.610. The van der Waals surface area contributed by atoms with Crippen LogP contribution in [0.2, 0.25) is 0 Å². The van der Waals surface area contributed by atoms with Gasteiger partial charge in [-0.05, 0) is 34.4 Å². The summed E-state index contributed by atoms with van der Waals surface area (Å²) in [6.07, 6.45) is 1.20. The van der Waals surface area contributed by atoms with E-state index in [0.29, 0.717) is 13.0 Å². The molecule has 0 saturated carbocycles. The van der Waals surface area contributed by atoms with Gasteiger partial charge in [0, 0.05) is 12.6 Å². The summed E-state index contributed by atoms with van der Waals surface area (Å²) in [6, 6.07) is 11.9. The average molecular weight is 274 g/mol. The number of rotatable bonds is 6. The van der Waals surface area contributed by atoms with Crippen molar-refractivity contribution in [3.63, 3.8) is 0 Å². The van der Waals surface area contributed by atoms with Crippen molar-refractivity contribution in [3.8, 4) is 0 Å².